The van der Waals surface area contributed by atoms with Crippen molar-refractivity contribution in [3.05, 3.63) is 83.4 Å². The molecular weight excluding hydrogens is 392 g/mol. The molecule has 7 heteroatoms. The number of fused-ring (bicyclic) bond motifs is 1. The Balaban J connectivity index is 1.71. The summed E-state index contributed by atoms with van der Waals surface area (Å²) >= 11 is 0. The van der Waals surface area contributed by atoms with Gasteiger partial charge < -0.3 is 16.2 Å². The smallest absolute Gasteiger partial charge is 0.307 e. The molecule has 4 rings (SSSR count). The third kappa shape index (κ3) is 4.17. The largest absolute Gasteiger partial charge is 0.481 e. The molecule has 0 aliphatic rings. The molecule has 0 atom stereocenters. The van der Waals surface area contributed by atoms with Crippen LogP contribution >= 0.6 is 0 Å². The molecule has 0 aliphatic carbocycles. The van der Waals surface area contributed by atoms with Crippen LogP contribution in [0.5, 0.6) is 0 Å². The first kappa shape index (κ1) is 20.3. The standard InChI is InChI=1S/C24H22N4O3/c1-28-21-10-9-17(16-7-4-5-15(11-16)14-25)12-20(21)23(27-28)26-24(31)19-8-3-2-6-18(19)13-22(29)30/h2-12H,13-14,25H2,1H3,(H,29,30)(H,26,27,31). The van der Waals surface area contributed by atoms with Crippen LogP contribution in [0.25, 0.3) is 22.0 Å². The topological polar surface area (TPSA) is 110 Å². The van der Waals surface area contributed by atoms with Gasteiger partial charge in [0.25, 0.3) is 5.91 Å². The van der Waals surface area contributed by atoms with Gasteiger partial charge in [-0.15, -0.1) is 0 Å². The van der Waals surface area contributed by atoms with Crippen LogP contribution in [0, 0.1) is 0 Å². The van der Waals surface area contributed by atoms with Crippen molar-refractivity contribution in [1.82, 2.24) is 9.78 Å². The fourth-order valence-electron chi connectivity index (χ4n) is 3.65. The van der Waals surface area contributed by atoms with Crippen LogP contribution in [-0.2, 0) is 24.8 Å². The zero-order valence-electron chi connectivity index (χ0n) is 17.0. The Hall–Kier alpha value is -3.97. The van der Waals surface area contributed by atoms with Gasteiger partial charge in [0.1, 0.15) is 0 Å². The Kier molecular flexibility index (Phi) is 5.51. The molecule has 31 heavy (non-hydrogen) atoms. The number of carboxylic acids is 1. The lowest BCUT2D eigenvalue weighted by Gasteiger charge is -2.08. The fourth-order valence-corrected chi connectivity index (χ4v) is 3.65. The second-order valence-corrected chi connectivity index (χ2v) is 7.29. The maximum absolute atomic E-state index is 12.9. The quantitative estimate of drug-likeness (QED) is 0.447. The van der Waals surface area contributed by atoms with Crippen molar-refractivity contribution in [1.29, 1.82) is 0 Å². The number of aromatic nitrogens is 2. The number of rotatable bonds is 6. The highest BCUT2D eigenvalue weighted by Crippen LogP contribution is 2.29. The van der Waals surface area contributed by atoms with Crippen molar-refractivity contribution in [2.45, 2.75) is 13.0 Å². The van der Waals surface area contributed by atoms with E-state index in [0.717, 1.165) is 27.6 Å². The van der Waals surface area contributed by atoms with E-state index < -0.39 is 11.9 Å². The Morgan fingerprint density at radius 2 is 1.81 bits per heavy atom. The van der Waals surface area contributed by atoms with Gasteiger partial charge in [0.15, 0.2) is 5.82 Å². The van der Waals surface area contributed by atoms with Crippen LogP contribution in [-0.4, -0.2) is 26.8 Å². The fraction of sp³-hybridized carbons (Fsp3) is 0.125. The van der Waals surface area contributed by atoms with Crippen LogP contribution in [0.3, 0.4) is 0 Å². The van der Waals surface area contributed by atoms with E-state index in [2.05, 4.69) is 10.4 Å². The van der Waals surface area contributed by atoms with E-state index in [1.165, 1.54) is 0 Å². The zero-order chi connectivity index (χ0) is 22.0. The maximum Gasteiger partial charge on any atom is 0.307 e. The average Bonchev–Trinajstić information content (AvgIpc) is 3.08. The number of aryl methyl sites for hydroxylation is 1. The van der Waals surface area contributed by atoms with Gasteiger partial charge in [-0.2, -0.15) is 5.10 Å². The van der Waals surface area contributed by atoms with E-state index in [1.54, 1.807) is 28.9 Å². The van der Waals surface area contributed by atoms with Crippen LogP contribution < -0.4 is 11.1 Å². The summed E-state index contributed by atoms with van der Waals surface area (Å²) in [5.41, 5.74) is 10.4. The second-order valence-electron chi connectivity index (χ2n) is 7.29. The van der Waals surface area contributed by atoms with Gasteiger partial charge in [0, 0.05) is 24.5 Å². The highest BCUT2D eigenvalue weighted by Gasteiger charge is 2.17. The minimum Gasteiger partial charge on any atom is -0.481 e. The van der Waals surface area contributed by atoms with E-state index in [9.17, 15) is 9.59 Å². The van der Waals surface area contributed by atoms with Crippen molar-refractivity contribution < 1.29 is 14.7 Å². The van der Waals surface area contributed by atoms with E-state index in [0.29, 0.717) is 23.5 Å². The number of benzene rings is 3. The number of nitrogens with two attached hydrogens (primary N) is 1. The number of nitrogens with zero attached hydrogens (tertiary/aromatic N) is 2. The van der Waals surface area contributed by atoms with Gasteiger partial charge in [-0.05, 0) is 46.5 Å². The molecular formula is C24H22N4O3. The molecule has 0 aliphatic heterocycles. The molecule has 0 bridgehead atoms. The molecule has 0 spiro atoms. The van der Waals surface area contributed by atoms with Gasteiger partial charge in [-0.25, -0.2) is 0 Å². The molecule has 0 fully saturated rings. The molecule has 0 radical (unpaired) electrons. The summed E-state index contributed by atoms with van der Waals surface area (Å²) in [7, 11) is 1.81. The van der Waals surface area contributed by atoms with Crippen LogP contribution in [0.1, 0.15) is 21.5 Å². The first-order valence-corrected chi connectivity index (χ1v) is 9.83. The van der Waals surface area contributed by atoms with Crippen LogP contribution in [0.4, 0.5) is 5.82 Å². The minimum absolute atomic E-state index is 0.228. The lowest BCUT2D eigenvalue weighted by Crippen LogP contribution is -2.16. The molecule has 1 amide bonds. The summed E-state index contributed by atoms with van der Waals surface area (Å²) in [5.74, 6) is -0.968. The van der Waals surface area contributed by atoms with Crippen LogP contribution in [0.2, 0.25) is 0 Å². The number of nitrogens with one attached hydrogen (secondary N) is 1. The molecule has 4 aromatic rings. The highest BCUT2D eigenvalue weighted by atomic mass is 16.4. The lowest BCUT2D eigenvalue weighted by atomic mass is 10.0. The van der Waals surface area contributed by atoms with Crippen molar-refractivity contribution in [2.75, 3.05) is 5.32 Å². The SMILES string of the molecule is Cn1nc(NC(=O)c2ccccc2CC(=O)O)c2cc(-c3cccc(CN)c3)ccc21. The monoisotopic (exact) mass is 414 g/mol. The van der Waals surface area contributed by atoms with E-state index in [1.807, 2.05) is 49.5 Å². The third-order valence-corrected chi connectivity index (χ3v) is 5.18. The summed E-state index contributed by atoms with van der Waals surface area (Å²) in [6, 6.07) is 20.6. The Labute approximate surface area is 179 Å². The van der Waals surface area contributed by atoms with Crippen molar-refractivity contribution in [3.8, 4) is 11.1 Å². The molecule has 4 N–H and O–H groups in total. The number of aliphatic carboxylic acids is 1. The number of anilines is 1. The van der Waals surface area contributed by atoms with E-state index in [-0.39, 0.29) is 6.42 Å². The van der Waals surface area contributed by atoms with Crippen molar-refractivity contribution >= 4 is 28.6 Å². The normalized spacial score (nSPS) is 10.9. The molecule has 7 nitrogen and oxygen atoms in total. The molecule has 0 saturated carbocycles. The summed E-state index contributed by atoms with van der Waals surface area (Å²) in [5, 5.41) is 17.2. The Morgan fingerprint density at radius 1 is 1.03 bits per heavy atom. The van der Waals surface area contributed by atoms with Gasteiger partial charge in [0.2, 0.25) is 0 Å². The second kappa shape index (κ2) is 8.41. The average molecular weight is 414 g/mol. The van der Waals surface area contributed by atoms with Gasteiger partial charge in [-0.3, -0.25) is 14.3 Å². The minimum atomic E-state index is -0.993. The summed E-state index contributed by atoms with van der Waals surface area (Å²) in [4.78, 5) is 24.1. The first-order chi connectivity index (χ1) is 15.0. The van der Waals surface area contributed by atoms with Gasteiger partial charge in [0.05, 0.1) is 11.9 Å². The van der Waals surface area contributed by atoms with Gasteiger partial charge in [-0.1, -0.05) is 42.5 Å². The van der Waals surface area contributed by atoms with Crippen molar-refractivity contribution in [2.24, 2.45) is 12.8 Å². The number of amides is 1. The van der Waals surface area contributed by atoms with E-state index in [4.69, 9.17) is 10.8 Å². The number of carbonyl (C=O) groups is 2. The predicted octanol–water partition coefficient (Wildman–Crippen LogP) is 3.58. The summed E-state index contributed by atoms with van der Waals surface area (Å²) < 4.78 is 1.70. The molecule has 3 aromatic carbocycles. The molecule has 156 valence electrons. The lowest BCUT2D eigenvalue weighted by molar-refractivity contribution is -0.136. The summed E-state index contributed by atoms with van der Waals surface area (Å²) in [6.07, 6.45) is -0.228. The molecule has 1 heterocycles. The van der Waals surface area contributed by atoms with Crippen LogP contribution in [0.15, 0.2) is 66.7 Å². The Morgan fingerprint density at radius 3 is 2.58 bits per heavy atom. The number of carboxylic acid groups (broad SMARTS) is 1. The number of carbonyl (C=O) groups excluding carboxylic acids is 1. The summed E-state index contributed by atoms with van der Waals surface area (Å²) in [6.45, 7) is 0.458. The number of hydrogen-bond donors (Lipinski definition) is 3. The molecule has 1 aromatic heterocycles. The van der Waals surface area contributed by atoms with E-state index >= 15 is 0 Å². The van der Waals surface area contributed by atoms with Crippen molar-refractivity contribution in [3.63, 3.8) is 0 Å². The molecule has 0 saturated heterocycles. The number of hydrogen-bond acceptors (Lipinski definition) is 4. The zero-order valence-corrected chi connectivity index (χ0v) is 17.0. The van der Waals surface area contributed by atoms with Gasteiger partial charge >= 0.3 is 5.97 Å². The first-order valence-electron chi connectivity index (χ1n) is 9.83. The predicted molar refractivity (Wildman–Crippen MR) is 120 cm³/mol. The molecule has 0 unspecified atom stereocenters. The third-order valence-electron chi connectivity index (χ3n) is 5.18. The maximum atomic E-state index is 12.9. The Bertz CT molecular complexity index is 1290. The highest BCUT2D eigenvalue weighted by molar-refractivity contribution is 6.09.